The highest BCUT2D eigenvalue weighted by atomic mass is 32.2. The van der Waals surface area contributed by atoms with Gasteiger partial charge in [-0.2, -0.15) is 0 Å². The van der Waals surface area contributed by atoms with Crippen molar-refractivity contribution in [2.45, 2.75) is 37.5 Å². The fourth-order valence-corrected chi connectivity index (χ4v) is 3.32. The summed E-state index contributed by atoms with van der Waals surface area (Å²) < 4.78 is 23.9. The van der Waals surface area contributed by atoms with Gasteiger partial charge in [-0.15, -0.1) is 0 Å². The van der Waals surface area contributed by atoms with Crippen LogP contribution in [-0.2, 0) is 9.84 Å². The molecule has 1 aromatic rings. The van der Waals surface area contributed by atoms with Crippen LogP contribution >= 0.6 is 0 Å². The van der Waals surface area contributed by atoms with E-state index in [2.05, 4.69) is 0 Å². The highest BCUT2D eigenvalue weighted by molar-refractivity contribution is 7.91. The van der Waals surface area contributed by atoms with E-state index in [0.29, 0.717) is 16.9 Å². The van der Waals surface area contributed by atoms with Gasteiger partial charge in [-0.3, -0.25) is 4.79 Å². The minimum atomic E-state index is -3.18. The summed E-state index contributed by atoms with van der Waals surface area (Å²) in [4.78, 5) is 12.1. The molecule has 98 valence electrons. The van der Waals surface area contributed by atoms with Gasteiger partial charge in [0, 0.05) is 11.5 Å². The van der Waals surface area contributed by atoms with Gasteiger partial charge in [0.2, 0.25) is 0 Å². The Labute approximate surface area is 108 Å². The molecule has 0 saturated heterocycles. The Morgan fingerprint density at radius 2 is 1.83 bits per heavy atom. The van der Waals surface area contributed by atoms with E-state index in [0.717, 1.165) is 19.3 Å². The van der Waals surface area contributed by atoms with Gasteiger partial charge in [0.05, 0.1) is 10.6 Å². The lowest BCUT2D eigenvalue weighted by Gasteiger charge is -2.04. The topological polar surface area (TPSA) is 51.2 Å². The van der Waals surface area contributed by atoms with Crippen LogP contribution < -0.4 is 0 Å². The van der Waals surface area contributed by atoms with Crippen molar-refractivity contribution in [3.8, 4) is 0 Å². The molecule has 2 rings (SSSR count). The summed E-state index contributed by atoms with van der Waals surface area (Å²) in [5.41, 5.74) is 0.631. The van der Waals surface area contributed by atoms with E-state index in [1.54, 1.807) is 24.3 Å². The van der Waals surface area contributed by atoms with E-state index in [-0.39, 0.29) is 17.5 Å². The second-order valence-electron chi connectivity index (χ2n) is 4.84. The van der Waals surface area contributed by atoms with Gasteiger partial charge in [-0.25, -0.2) is 8.42 Å². The SMILES string of the molecule is CCCCS(=O)(=O)c1ccc(C(=O)C2CC2)cc1. The number of unbranched alkanes of at least 4 members (excludes halogenated alkanes) is 1. The highest BCUT2D eigenvalue weighted by Crippen LogP contribution is 2.32. The molecule has 1 aliphatic rings. The van der Waals surface area contributed by atoms with Crippen LogP contribution in [0.4, 0.5) is 0 Å². The lowest BCUT2D eigenvalue weighted by atomic mass is 10.1. The average Bonchev–Trinajstić information content (AvgIpc) is 3.20. The Hall–Kier alpha value is -1.16. The van der Waals surface area contributed by atoms with Crippen molar-refractivity contribution >= 4 is 15.6 Å². The fraction of sp³-hybridized carbons (Fsp3) is 0.500. The van der Waals surface area contributed by atoms with E-state index in [1.807, 2.05) is 6.92 Å². The maximum absolute atomic E-state index is 11.9. The van der Waals surface area contributed by atoms with E-state index < -0.39 is 9.84 Å². The second kappa shape index (κ2) is 5.22. The molecule has 1 fully saturated rings. The van der Waals surface area contributed by atoms with Crippen LogP contribution in [0.1, 0.15) is 43.0 Å². The van der Waals surface area contributed by atoms with Gasteiger partial charge in [0.1, 0.15) is 0 Å². The highest BCUT2D eigenvalue weighted by Gasteiger charge is 2.30. The Kier molecular flexibility index (Phi) is 3.85. The summed E-state index contributed by atoms with van der Waals surface area (Å²) in [6.07, 6.45) is 3.47. The molecule has 0 heterocycles. The predicted molar refractivity (Wildman–Crippen MR) is 70.5 cm³/mol. The monoisotopic (exact) mass is 266 g/mol. The van der Waals surface area contributed by atoms with Crippen LogP contribution in [0.25, 0.3) is 0 Å². The Bertz CT molecular complexity index is 525. The smallest absolute Gasteiger partial charge is 0.178 e. The molecule has 18 heavy (non-hydrogen) atoms. The number of benzene rings is 1. The number of hydrogen-bond donors (Lipinski definition) is 0. The van der Waals surface area contributed by atoms with E-state index >= 15 is 0 Å². The molecule has 3 nitrogen and oxygen atoms in total. The molecule has 0 aromatic heterocycles. The first kappa shape index (κ1) is 13.3. The van der Waals surface area contributed by atoms with Crippen LogP contribution in [0.5, 0.6) is 0 Å². The molecule has 0 radical (unpaired) electrons. The number of carbonyl (C=O) groups excluding carboxylic acids is 1. The minimum Gasteiger partial charge on any atom is -0.294 e. The van der Waals surface area contributed by atoms with Crippen molar-refractivity contribution in [3.05, 3.63) is 29.8 Å². The van der Waals surface area contributed by atoms with Gasteiger partial charge in [-0.1, -0.05) is 25.5 Å². The summed E-state index contributed by atoms with van der Waals surface area (Å²) in [5, 5.41) is 0. The van der Waals surface area contributed by atoms with Gasteiger partial charge in [-0.05, 0) is 31.4 Å². The molecule has 4 heteroatoms. The summed E-state index contributed by atoms with van der Waals surface area (Å²) in [7, 11) is -3.18. The predicted octanol–water partition coefficient (Wildman–Crippen LogP) is 2.85. The van der Waals surface area contributed by atoms with Gasteiger partial charge in [0.15, 0.2) is 15.6 Å². The van der Waals surface area contributed by atoms with Gasteiger partial charge in [0.25, 0.3) is 0 Å². The summed E-state index contributed by atoms with van der Waals surface area (Å²) >= 11 is 0. The maximum atomic E-state index is 11.9. The molecule has 0 amide bonds. The third-order valence-corrected chi connectivity index (χ3v) is 5.03. The molecule has 0 N–H and O–H groups in total. The number of rotatable bonds is 6. The molecule has 1 aliphatic carbocycles. The molecule has 0 unspecified atom stereocenters. The number of carbonyl (C=O) groups is 1. The van der Waals surface area contributed by atoms with Crippen molar-refractivity contribution in [3.63, 3.8) is 0 Å². The van der Waals surface area contributed by atoms with Crippen LogP contribution in [0.2, 0.25) is 0 Å². The lowest BCUT2D eigenvalue weighted by molar-refractivity contribution is 0.0967. The molecule has 0 aliphatic heterocycles. The third kappa shape index (κ3) is 2.99. The lowest BCUT2D eigenvalue weighted by Crippen LogP contribution is -2.07. The second-order valence-corrected chi connectivity index (χ2v) is 6.94. The molecule has 0 bridgehead atoms. The van der Waals surface area contributed by atoms with E-state index in [1.165, 1.54) is 0 Å². The van der Waals surface area contributed by atoms with Crippen molar-refractivity contribution in [2.24, 2.45) is 5.92 Å². The minimum absolute atomic E-state index is 0.146. The first-order valence-electron chi connectivity index (χ1n) is 6.41. The number of sulfone groups is 1. The zero-order chi connectivity index (χ0) is 13.2. The fourth-order valence-electron chi connectivity index (χ4n) is 1.86. The van der Waals surface area contributed by atoms with E-state index in [4.69, 9.17) is 0 Å². The summed E-state index contributed by atoms with van der Waals surface area (Å²) in [5.74, 6) is 0.499. The van der Waals surface area contributed by atoms with Crippen molar-refractivity contribution in [2.75, 3.05) is 5.75 Å². The standard InChI is InChI=1S/C14H18O3S/c1-2-3-10-18(16,17)13-8-6-12(7-9-13)14(15)11-4-5-11/h6-9,11H,2-5,10H2,1H3. The third-order valence-electron chi connectivity index (χ3n) is 3.21. The molecular formula is C14H18O3S. The normalized spacial score (nSPS) is 15.6. The molecule has 0 spiro atoms. The van der Waals surface area contributed by atoms with Crippen molar-refractivity contribution in [1.82, 2.24) is 0 Å². The molecular weight excluding hydrogens is 248 g/mol. The summed E-state index contributed by atoms with van der Waals surface area (Å²) in [6.45, 7) is 1.97. The van der Waals surface area contributed by atoms with E-state index in [9.17, 15) is 13.2 Å². The number of hydrogen-bond acceptors (Lipinski definition) is 3. The summed E-state index contributed by atoms with van der Waals surface area (Å²) in [6, 6.07) is 6.39. The Morgan fingerprint density at radius 1 is 1.22 bits per heavy atom. The molecule has 0 atom stereocenters. The first-order valence-corrected chi connectivity index (χ1v) is 8.07. The number of ketones is 1. The van der Waals surface area contributed by atoms with Gasteiger partial charge >= 0.3 is 0 Å². The average molecular weight is 266 g/mol. The quantitative estimate of drug-likeness (QED) is 0.744. The first-order chi connectivity index (χ1) is 8.54. The van der Waals surface area contributed by atoms with Gasteiger partial charge < -0.3 is 0 Å². The van der Waals surface area contributed by atoms with Crippen LogP contribution in [-0.4, -0.2) is 20.0 Å². The maximum Gasteiger partial charge on any atom is 0.178 e. The van der Waals surface area contributed by atoms with Crippen LogP contribution in [0.3, 0.4) is 0 Å². The molecule has 1 aromatic carbocycles. The number of Topliss-reactive ketones (excluding diaryl/α,β-unsaturated/α-hetero) is 1. The Balaban J connectivity index is 2.14. The van der Waals surface area contributed by atoms with Crippen LogP contribution in [0.15, 0.2) is 29.2 Å². The van der Waals surface area contributed by atoms with Crippen LogP contribution in [0, 0.1) is 5.92 Å². The Morgan fingerprint density at radius 3 is 2.33 bits per heavy atom. The zero-order valence-electron chi connectivity index (χ0n) is 10.6. The zero-order valence-corrected chi connectivity index (χ0v) is 11.4. The molecule has 1 saturated carbocycles. The van der Waals surface area contributed by atoms with Crippen molar-refractivity contribution in [1.29, 1.82) is 0 Å². The largest absolute Gasteiger partial charge is 0.294 e. The van der Waals surface area contributed by atoms with Crippen molar-refractivity contribution < 1.29 is 13.2 Å².